The second kappa shape index (κ2) is 8.27. The van der Waals surface area contributed by atoms with Gasteiger partial charge in [-0.15, -0.1) is 0 Å². The van der Waals surface area contributed by atoms with Gasteiger partial charge in [-0.2, -0.15) is 4.31 Å². The summed E-state index contributed by atoms with van der Waals surface area (Å²) in [6.07, 6.45) is 2.26. The second-order valence-corrected chi connectivity index (χ2v) is 11.6. The van der Waals surface area contributed by atoms with Crippen LogP contribution in [-0.4, -0.2) is 72.1 Å². The van der Waals surface area contributed by atoms with Crippen molar-refractivity contribution >= 4 is 25.7 Å². The highest BCUT2D eigenvalue weighted by Gasteiger charge is 2.43. The van der Waals surface area contributed by atoms with Crippen LogP contribution in [0.5, 0.6) is 5.75 Å². The van der Waals surface area contributed by atoms with Crippen LogP contribution in [0.3, 0.4) is 0 Å². The summed E-state index contributed by atoms with van der Waals surface area (Å²) in [5.74, 6) is -0.390. The smallest absolute Gasteiger partial charge is 0.246 e. The molecule has 3 fully saturated rings. The third kappa shape index (κ3) is 4.05. The summed E-state index contributed by atoms with van der Waals surface area (Å²) in [4.78, 5) is -0.00756. The quantitative estimate of drug-likeness (QED) is 0.657. The molecule has 3 aliphatic rings. The van der Waals surface area contributed by atoms with Gasteiger partial charge in [-0.05, 0) is 38.0 Å². The third-order valence-electron chi connectivity index (χ3n) is 5.78. The highest BCUT2D eigenvalue weighted by molar-refractivity contribution is 7.92. The molecule has 9 nitrogen and oxygen atoms in total. The summed E-state index contributed by atoms with van der Waals surface area (Å²) in [5, 5.41) is 0. The van der Waals surface area contributed by atoms with Crippen LogP contribution in [0.1, 0.15) is 32.6 Å². The summed E-state index contributed by atoms with van der Waals surface area (Å²) >= 11 is 0. The van der Waals surface area contributed by atoms with Crippen molar-refractivity contribution in [1.29, 1.82) is 0 Å². The number of benzene rings is 1. The molecule has 0 aromatic heterocycles. The molecule has 0 atom stereocenters. The molecule has 1 spiro atoms. The van der Waals surface area contributed by atoms with E-state index >= 15 is 0 Å². The van der Waals surface area contributed by atoms with Crippen molar-refractivity contribution in [2.45, 2.75) is 43.3 Å². The Morgan fingerprint density at radius 3 is 2.43 bits per heavy atom. The maximum Gasteiger partial charge on any atom is 0.246 e. The molecule has 3 saturated heterocycles. The predicted molar refractivity (Wildman–Crippen MR) is 111 cm³/mol. The van der Waals surface area contributed by atoms with E-state index in [0.29, 0.717) is 51.3 Å². The number of rotatable bonds is 5. The first-order valence-electron chi connectivity index (χ1n) is 10.3. The Bertz CT molecular complexity index is 978. The van der Waals surface area contributed by atoms with E-state index in [1.807, 2.05) is 0 Å². The highest BCUT2D eigenvalue weighted by atomic mass is 32.2. The van der Waals surface area contributed by atoms with Crippen LogP contribution in [0, 0.1) is 0 Å². The lowest BCUT2D eigenvalue weighted by Crippen LogP contribution is -2.47. The molecule has 1 aromatic carbocycles. The van der Waals surface area contributed by atoms with Crippen molar-refractivity contribution in [3.05, 3.63) is 18.2 Å². The normalized spacial score (nSPS) is 24.2. The number of anilines is 1. The zero-order chi connectivity index (χ0) is 21.4. The van der Waals surface area contributed by atoms with Crippen LogP contribution in [0.2, 0.25) is 0 Å². The molecular weight excluding hydrogens is 432 g/mol. The van der Waals surface area contributed by atoms with E-state index in [9.17, 15) is 16.8 Å². The maximum absolute atomic E-state index is 13.5. The average Bonchev–Trinajstić information content (AvgIpc) is 3.16. The van der Waals surface area contributed by atoms with Crippen molar-refractivity contribution in [2.75, 3.05) is 49.5 Å². The molecule has 3 aliphatic heterocycles. The van der Waals surface area contributed by atoms with Crippen molar-refractivity contribution < 1.29 is 31.0 Å². The SMILES string of the molecule is CCOc1ccc(N2CCCCS2(=O)=O)cc1S(=O)(=O)N1CCC2(CC1)OCCO2. The summed E-state index contributed by atoms with van der Waals surface area (Å²) in [7, 11) is -7.34. The Hall–Kier alpha value is -1.40. The lowest BCUT2D eigenvalue weighted by molar-refractivity contribution is -0.179. The topological polar surface area (TPSA) is 102 Å². The molecule has 0 bridgehead atoms. The van der Waals surface area contributed by atoms with Gasteiger partial charge in [0.2, 0.25) is 20.0 Å². The number of sulfonamides is 2. The lowest BCUT2D eigenvalue weighted by Gasteiger charge is -2.37. The largest absolute Gasteiger partial charge is 0.492 e. The molecule has 0 N–H and O–H groups in total. The van der Waals surface area contributed by atoms with Gasteiger partial charge in [-0.25, -0.2) is 16.8 Å². The Morgan fingerprint density at radius 2 is 1.80 bits per heavy atom. The number of ether oxygens (including phenoxy) is 3. The molecular formula is C19H28N2O7S2. The van der Waals surface area contributed by atoms with Crippen LogP contribution in [0.25, 0.3) is 0 Å². The third-order valence-corrected chi connectivity index (χ3v) is 9.57. The summed E-state index contributed by atoms with van der Waals surface area (Å²) in [5.41, 5.74) is 0.354. The molecule has 0 unspecified atom stereocenters. The Kier molecular flexibility index (Phi) is 6.01. The van der Waals surface area contributed by atoms with Gasteiger partial charge in [-0.1, -0.05) is 0 Å². The first-order valence-corrected chi connectivity index (χ1v) is 13.4. The Morgan fingerprint density at radius 1 is 1.10 bits per heavy atom. The number of piperidine rings is 1. The lowest BCUT2D eigenvalue weighted by atomic mass is 10.1. The molecule has 0 amide bonds. The van der Waals surface area contributed by atoms with Crippen LogP contribution in [0.4, 0.5) is 5.69 Å². The van der Waals surface area contributed by atoms with E-state index in [0.717, 1.165) is 6.42 Å². The number of hydrogen-bond donors (Lipinski definition) is 0. The summed E-state index contributed by atoms with van der Waals surface area (Å²) in [6.45, 7) is 3.99. The fourth-order valence-electron chi connectivity index (χ4n) is 4.20. The zero-order valence-corrected chi connectivity index (χ0v) is 18.7. The molecule has 1 aromatic rings. The van der Waals surface area contributed by atoms with Gasteiger partial charge in [-0.3, -0.25) is 4.31 Å². The van der Waals surface area contributed by atoms with E-state index in [2.05, 4.69) is 0 Å². The van der Waals surface area contributed by atoms with Crippen LogP contribution < -0.4 is 9.04 Å². The van der Waals surface area contributed by atoms with Gasteiger partial charge in [0.05, 0.1) is 31.3 Å². The molecule has 4 rings (SSSR count). The van der Waals surface area contributed by atoms with Crippen LogP contribution >= 0.6 is 0 Å². The van der Waals surface area contributed by atoms with Gasteiger partial charge in [0.25, 0.3) is 0 Å². The summed E-state index contributed by atoms with van der Waals surface area (Å²) in [6, 6.07) is 4.58. The molecule has 3 heterocycles. The first kappa shape index (κ1) is 21.8. The van der Waals surface area contributed by atoms with Gasteiger partial charge >= 0.3 is 0 Å². The van der Waals surface area contributed by atoms with Crippen LogP contribution in [0.15, 0.2) is 23.1 Å². The molecule has 30 heavy (non-hydrogen) atoms. The second-order valence-electron chi connectivity index (χ2n) is 7.67. The minimum absolute atomic E-state index is 0.00756. The molecule has 0 radical (unpaired) electrons. The van der Waals surface area contributed by atoms with Gasteiger partial charge in [0, 0.05) is 32.5 Å². The highest BCUT2D eigenvalue weighted by Crippen LogP contribution is 2.37. The minimum Gasteiger partial charge on any atom is -0.492 e. The number of nitrogens with zero attached hydrogens (tertiary/aromatic N) is 2. The molecule has 0 saturated carbocycles. The Balaban J connectivity index is 1.65. The van der Waals surface area contributed by atoms with E-state index in [1.54, 1.807) is 19.1 Å². The van der Waals surface area contributed by atoms with Crippen molar-refractivity contribution in [1.82, 2.24) is 4.31 Å². The van der Waals surface area contributed by atoms with Crippen molar-refractivity contribution in [3.63, 3.8) is 0 Å². The first-order chi connectivity index (χ1) is 14.3. The fourth-order valence-corrected chi connectivity index (χ4v) is 7.42. The van der Waals surface area contributed by atoms with Crippen LogP contribution in [-0.2, 0) is 29.5 Å². The minimum atomic E-state index is -3.88. The fraction of sp³-hybridized carbons (Fsp3) is 0.684. The average molecular weight is 461 g/mol. The van der Waals surface area contributed by atoms with Gasteiger partial charge in [0.1, 0.15) is 10.6 Å². The van der Waals surface area contributed by atoms with Crippen molar-refractivity contribution in [2.24, 2.45) is 0 Å². The zero-order valence-electron chi connectivity index (χ0n) is 17.1. The van der Waals surface area contributed by atoms with Crippen molar-refractivity contribution in [3.8, 4) is 5.75 Å². The maximum atomic E-state index is 13.5. The van der Waals surface area contributed by atoms with Gasteiger partial charge in [0.15, 0.2) is 5.79 Å². The molecule has 11 heteroatoms. The molecule has 0 aliphatic carbocycles. The predicted octanol–water partition coefficient (Wildman–Crippen LogP) is 1.54. The monoisotopic (exact) mass is 460 g/mol. The van der Waals surface area contributed by atoms with E-state index < -0.39 is 25.8 Å². The Labute approximate surface area is 178 Å². The van der Waals surface area contributed by atoms with E-state index in [-0.39, 0.29) is 29.5 Å². The van der Waals surface area contributed by atoms with E-state index in [1.165, 1.54) is 14.7 Å². The number of hydrogen-bond acceptors (Lipinski definition) is 7. The standard InChI is InChI=1S/C19H28N2O7S2/c1-2-26-17-6-5-16(21-9-3-4-14-29(21,22)23)15-18(17)30(24,25)20-10-7-19(8-11-20)27-12-13-28-19/h5-6,15H,2-4,7-14H2,1H3. The molecule has 168 valence electrons. The van der Waals surface area contributed by atoms with E-state index in [4.69, 9.17) is 14.2 Å². The summed E-state index contributed by atoms with van der Waals surface area (Å²) < 4.78 is 71.6. The van der Waals surface area contributed by atoms with Gasteiger partial charge < -0.3 is 14.2 Å².